The van der Waals surface area contributed by atoms with Crippen molar-refractivity contribution in [1.82, 2.24) is 4.90 Å². The molecule has 0 aromatic heterocycles. The molecule has 7 heteroatoms. The number of likely N-dealkylation sites (N-methyl/N-ethyl adjacent to an activating group) is 1. The second-order valence-electron chi connectivity index (χ2n) is 4.71. The molecule has 1 rings (SSSR count). The molecule has 0 fully saturated rings. The van der Waals surface area contributed by atoms with Gasteiger partial charge in [-0.15, -0.1) is 0 Å². The fraction of sp³-hybridized carbons (Fsp3) is 0.538. The minimum Gasteiger partial charge on any atom is -0.378 e. The first-order chi connectivity index (χ1) is 9.36. The van der Waals surface area contributed by atoms with Crippen LogP contribution in [-0.2, 0) is 0 Å². The van der Waals surface area contributed by atoms with Crippen LogP contribution in [0.15, 0.2) is 12.1 Å². The summed E-state index contributed by atoms with van der Waals surface area (Å²) in [7, 11) is 2.03. The Morgan fingerprint density at radius 1 is 1.40 bits per heavy atom. The molecule has 1 atom stereocenters. The molecule has 1 aromatic rings. The Balaban J connectivity index is 2.72. The zero-order chi connectivity index (χ0) is 15.3. The summed E-state index contributed by atoms with van der Waals surface area (Å²) in [6.45, 7) is 5.64. The van der Waals surface area contributed by atoms with Crippen LogP contribution in [-0.4, -0.2) is 36.0 Å². The predicted octanol–water partition coefficient (Wildman–Crippen LogP) is 4.04. The molecule has 20 heavy (non-hydrogen) atoms. The van der Waals surface area contributed by atoms with Crippen molar-refractivity contribution < 1.29 is 4.92 Å². The van der Waals surface area contributed by atoms with Crippen molar-refractivity contribution in [1.29, 1.82) is 0 Å². The predicted molar refractivity (Wildman–Crippen MR) is 84.0 cm³/mol. The number of nitrogens with one attached hydrogen (secondary N) is 1. The van der Waals surface area contributed by atoms with E-state index in [9.17, 15) is 10.1 Å². The van der Waals surface area contributed by atoms with Gasteiger partial charge in [-0.25, -0.2) is 0 Å². The number of hydrogen-bond acceptors (Lipinski definition) is 4. The Hall–Kier alpha value is -1.04. The maximum atomic E-state index is 11.0. The molecule has 0 saturated heterocycles. The Morgan fingerprint density at radius 3 is 2.55 bits per heavy atom. The Kier molecular flexibility index (Phi) is 6.52. The summed E-state index contributed by atoms with van der Waals surface area (Å²) < 4.78 is 0. The molecule has 0 radical (unpaired) electrons. The first kappa shape index (κ1) is 17.0. The summed E-state index contributed by atoms with van der Waals surface area (Å²) in [6, 6.07) is 3.23. The zero-order valence-electron chi connectivity index (χ0n) is 11.8. The summed E-state index contributed by atoms with van der Waals surface area (Å²) in [5.74, 6) is 0. The SMILES string of the molecule is CCC(C)N(C)CCNc1cc(Cl)c(Cl)cc1[N+](=O)[O-]. The van der Waals surface area contributed by atoms with E-state index in [1.54, 1.807) is 0 Å². The molecule has 0 spiro atoms. The highest BCUT2D eigenvalue weighted by Crippen LogP contribution is 2.33. The number of nitro groups is 1. The summed E-state index contributed by atoms with van der Waals surface area (Å²) >= 11 is 11.7. The minimum absolute atomic E-state index is 0.0643. The van der Waals surface area contributed by atoms with E-state index in [0.717, 1.165) is 13.0 Å². The van der Waals surface area contributed by atoms with Gasteiger partial charge in [0, 0.05) is 25.2 Å². The van der Waals surface area contributed by atoms with Crippen molar-refractivity contribution in [3.05, 3.63) is 32.3 Å². The molecule has 1 aromatic carbocycles. The van der Waals surface area contributed by atoms with Crippen LogP contribution in [0.25, 0.3) is 0 Å². The first-order valence-electron chi connectivity index (χ1n) is 6.44. The van der Waals surface area contributed by atoms with E-state index < -0.39 is 4.92 Å². The zero-order valence-corrected chi connectivity index (χ0v) is 13.3. The summed E-state index contributed by atoms with van der Waals surface area (Å²) in [5.41, 5.74) is 0.326. The summed E-state index contributed by atoms with van der Waals surface area (Å²) in [4.78, 5) is 12.7. The molecule has 0 aliphatic heterocycles. The Labute approximate surface area is 129 Å². The first-order valence-corrected chi connectivity index (χ1v) is 7.20. The highest BCUT2D eigenvalue weighted by atomic mass is 35.5. The quantitative estimate of drug-likeness (QED) is 0.608. The summed E-state index contributed by atoms with van der Waals surface area (Å²) in [6.07, 6.45) is 1.06. The maximum Gasteiger partial charge on any atom is 0.293 e. The minimum atomic E-state index is -0.469. The lowest BCUT2D eigenvalue weighted by Crippen LogP contribution is -2.32. The molecule has 0 amide bonds. The van der Waals surface area contributed by atoms with E-state index in [0.29, 0.717) is 23.3 Å². The van der Waals surface area contributed by atoms with Gasteiger partial charge in [-0.3, -0.25) is 10.1 Å². The molecule has 0 saturated carbocycles. The van der Waals surface area contributed by atoms with E-state index in [1.165, 1.54) is 12.1 Å². The average molecular weight is 320 g/mol. The Bertz CT molecular complexity index is 483. The van der Waals surface area contributed by atoms with Crippen LogP contribution >= 0.6 is 23.2 Å². The molecule has 1 N–H and O–H groups in total. The van der Waals surface area contributed by atoms with Crippen molar-refractivity contribution in [2.24, 2.45) is 0 Å². The van der Waals surface area contributed by atoms with Gasteiger partial charge in [0.2, 0.25) is 0 Å². The van der Waals surface area contributed by atoms with Crippen molar-refractivity contribution in [3.63, 3.8) is 0 Å². The van der Waals surface area contributed by atoms with E-state index >= 15 is 0 Å². The fourth-order valence-corrected chi connectivity index (χ4v) is 2.05. The van der Waals surface area contributed by atoms with Gasteiger partial charge in [0.25, 0.3) is 5.69 Å². The normalized spacial score (nSPS) is 12.5. The van der Waals surface area contributed by atoms with Gasteiger partial charge >= 0.3 is 0 Å². The number of halogens is 2. The molecule has 0 aliphatic carbocycles. The van der Waals surface area contributed by atoms with Crippen molar-refractivity contribution in [2.45, 2.75) is 26.3 Å². The van der Waals surface area contributed by atoms with Crippen LogP contribution in [0.5, 0.6) is 0 Å². The van der Waals surface area contributed by atoms with E-state index in [-0.39, 0.29) is 10.7 Å². The van der Waals surface area contributed by atoms with Crippen LogP contribution < -0.4 is 5.32 Å². The topological polar surface area (TPSA) is 58.4 Å². The lowest BCUT2D eigenvalue weighted by molar-refractivity contribution is -0.383. The van der Waals surface area contributed by atoms with Crippen molar-refractivity contribution in [2.75, 3.05) is 25.5 Å². The van der Waals surface area contributed by atoms with Crippen molar-refractivity contribution >= 4 is 34.6 Å². The molecular formula is C13H19Cl2N3O2. The molecular weight excluding hydrogens is 301 g/mol. The van der Waals surface area contributed by atoms with Crippen LogP contribution in [0, 0.1) is 10.1 Å². The van der Waals surface area contributed by atoms with E-state index in [2.05, 4.69) is 24.1 Å². The lowest BCUT2D eigenvalue weighted by atomic mass is 10.2. The number of nitrogens with zero attached hydrogens (tertiary/aromatic N) is 2. The third-order valence-corrected chi connectivity index (χ3v) is 4.08. The molecule has 0 heterocycles. The van der Waals surface area contributed by atoms with Crippen molar-refractivity contribution in [3.8, 4) is 0 Å². The van der Waals surface area contributed by atoms with Gasteiger partial charge in [-0.1, -0.05) is 30.1 Å². The standard InChI is InChI=1S/C13H19Cl2N3O2/c1-4-9(2)17(3)6-5-16-12-7-10(14)11(15)8-13(12)18(19)20/h7-9,16H,4-6H2,1-3H3. The molecule has 1 unspecified atom stereocenters. The number of rotatable bonds is 7. The molecule has 0 bridgehead atoms. The van der Waals surface area contributed by atoms with Crippen LogP contribution in [0.2, 0.25) is 10.0 Å². The number of hydrogen-bond donors (Lipinski definition) is 1. The smallest absolute Gasteiger partial charge is 0.293 e. The van der Waals surface area contributed by atoms with Gasteiger partial charge in [-0.05, 0) is 26.5 Å². The molecule has 112 valence electrons. The van der Waals surface area contributed by atoms with Crippen LogP contribution in [0.3, 0.4) is 0 Å². The van der Waals surface area contributed by atoms with E-state index in [1.807, 2.05) is 7.05 Å². The van der Waals surface area contributed by atoms with Gasteiger partial charge in [0.05, 0.1) is 15.0 Å². The number of benzene rings is 1. The Morgan fingerprint density at radius 2 is 2.00 bits per heavy atom. The van der Waals surface area contributed by atoms with Crippen LogP contribution in [0.4, 0.5) is 11.4 Å². The van der Waals surface area contributed by atoms with Gasteiger partial charge in [-0.2, -0.15) is 0 Å². The second-order valence-corrected chi connectivity index (χ2v) is 5.52. The third kappa shape index (κ3) is 4.51. The van der Waals surface area contributed by atoms with Gasteiger partial charge in [0.1, 0.15) is 5.69 Å². The van der Waals surface area contributed by atoms with E-state index in [4.69, 9.17) is 23.2 Å². The van der Waals surface area contributed by atoms with Gasteiger partial charge < -0.3 is 10.2 Å². The number of nitro benzene ring substituents is 1. The monoisotopic (exact) mass is 319 g/mol. The summed E-state index contributed by atoms with van der Waals surface area (Å²) in [5, 5.41) is 14.5. The fourth-order valence-electron chi connectivity index (χ4n) is 1.73. The largest absolute Gasteiger partial charge is 0.378 e. The molecule has 5 nitrogen and oxygen atoms in total. The highest BCUT2D eigenvalue weighted by Gasteiger charge is 2.17. The third-order valence-electron chi connectivity index (χ3n) is 3.36. The number of anilines is 1. The lowest BCUT2D eigenvalue weighted by Gasteiger charge is -2.23. The second kappa shape index (κ2) is 7.67. The highest BCUT2D eigenvalue weighted by molar-refractivity contribution is 6.42. The molecule has 0 aliphatic rings. The average Bonchev–Trinajstić information content (AvgIpc) is 2.40. The maximum absolute atomic E-state index is 11.0. The van der Waals surface area contributed by atoms with Crippen LogP contribution in [0.1, 0.15) is 20.3 Å². The van der Waals surface area contributed by atoms with Gasteiger partial charge in [0.15, 0.2) is 0 Å².